The summed E-state index contributed by atoms with van der Waals surface area (Å²) in [6.45, 7) is 3.93. The van der Waals surface area contributed by atoms with E-state index in [0.717, 1.165) is 32.1 Å². The number of aliphatic hydroxyl groups excluding tert-OH is 2. The maximum atomic E-state index is 10.5. The zero-order chi connectivity index (χ0) is 19.4. The highest BCUT2D eigenvalue weighted by atomic mass is 16.4. The van der Waals surface area contributed by atoms with Crippen LogP contribution in [0.3, 0.4) is 0 Å². The molecule has 26 heavy (non-hydrogen) atoms. The summed E-state index contributed by atoms with van der Waals surface area (Å²) in [4.78, 5) is 14.6. The molecule has 4 atom stereocenters. The molecule has 1 unspecified atom stereocenters. The number of hydrogen-bond donors (Lipinski definition) is 3. The van der Waals surface area contributed by atoms with Crippen molar-refractivity contribution in [2.24, 2.45) is 16.8 Å². The Hall–Kier alpha value is -1.66. The van der Waals surface area contributed by atoms with E-state index in [1.165, 1.54) is 12.5 Å². The van der Waals surface area contributed by atoms with Gasteiger partial charge in [-0.1, -0.05) is 26.2 Å². The average Bonchev–Trinajstić information content (AvgIpc) is 3.10. The normalized spacial score (nSPS) is 16.5. The van der Waals surface area contributed by atoms with Gasteiger partial charge in [0.1, 0.15) is 0 Å². The molecule has 6 heteroatoms. The first-order valence-electron chi connectivity index (χ1n) is 9.55. The van der Waals surface area contributed by atoms with Gasteiger partial charge in [0.2, 0.25) is 5.88 Å². The summed E-state index contributed by atoms with van der Waals surface area (Å²) in [7, 11) is 0. The maximum absolute atomic E-state index is 10.5. The quantitative estimate of drug-likeness (QED) is 0.338. The fraction of sp³-hybridized carbons (Fsp3) is 0.700. The molecule has 0 saturated heterocycles. The zero-order valence-electron chi connectivity index (χ0n) is 15.9. The Morgan fingerprint density at radius 1 is 1.15 bits per heavy atom. The highest BCUT2D eigenvalue weighted by molar-refractivity contribution is 5.66. The summed E-state index contributed by atoms with van der Waals surface area (Å²) < 4.78 is 5.09. The molecule has 0 spiro atoms. The second-order valence-electron chi connectivity index (χ2n) is 7.10. The van der Waals surface area contributed by atoms with Gasteiger partial charge in [-0.05, 0) is 50.5 Å². The van der Waals surface area contributed by atoms with E-state index < -0.39 is 18.2 Å². The lowest BCUT2D eigenvalue weighted by atomic mass is 9.82. The van der Waals surface area contributed by atoms with Crippen molar-refractivity contribution in [3.05, 3.63) is 18.4 Å². The van der Waals surface area contributed by atoms with Crippen LogP contribution in [-0.4, -0.2) is 39.7 Å². The van der Waals surface area contributed by atoms with E-state index in [0.29, 0.717) is 24.6 Å². The van der Waals surface area contributed by atoms with Crippen LogP contribution in [0.25, 0.3) is 0 Å². The van der Waals surface area contributed by atoms with Gasteiger partial charge in [-0.15, -0.1) is 0 Å². The molecular weight excluding hydrogens is 334 g/mol. The van der Waals surface area contributed by atoms with Gasteiger partial charge in [0.15, 0.2) is 0 Å². The van der Waals surface area contributed by atoms with Crippen LogP contribution in [0.2, 0.25) is 0 Å². The van der Waals surface area contributed by atoms with Crippen LogP contribution in [0.1, 0.15) is 65.2 Å². The largest absolute Gasteiger partial charge is 0.481 e. The van der Waals surface area contributed by atoms with Crippen LogP contribution in [0.4, 0.5) is 5.88 Å². The molecule has 1 rings (SSSR count). The van der Waals surface area contributed by atoms with Gasteiger partial charge in [0, 0.05) is 18.7 Å². The van der Waals surface area contributed by atoms with Crippen LogP contribution in [0.15, 0.2) is 27.8 Å². The Bertz CT molecular complexity index is 512. The number of aliphatic imine (C=N–C) groups is 1. The number of aliphatic hydroxyl groups is 2. The van der Waals surface area contributed by atoms with Crippen molar-refractivity contribution in [1.29, 1.82) is 0 Å². The topological polar surface area (TPSA) is 103 Å². The van der Waals surface area contributed by atoms with Crippen molar-refractivity contribution < 1.29 is 24.5 Å². The van der Waals surface area contributed by atoms with Gasteiger partial charge in [-0.2, -0.15) is 0 Å². The molecule has 0 amide bonds. The number of carboxylic acids is 1. The molecule has 3 N–H and O–H groups in total. The number of carbonyl (C=O) groups is 1. The Balaban J connectivity index is 2.28. The minimum atomic E-state index is -0.741. The highest BCUT2D eigenvalue weighted by Gasteiger charge is 2.22. The van der Waals surface area contributed by atoms with Crippen molar-refractivity contribution in [1.82, 2.24) is 0 Å². The van der Waals surface area contributed by atoms with E-state index in [1.807, 2.05) is 6.92 Å². The van der Waals surface area contributed by atoms with Gasteiger partial charge in [-0.25, -0.2) is 4.99 Å². The smallest absolute Gasteiger partial charge is 0.303 e. The summed E-state index contributed by atoms with van der Waals surface area (Å²) in [6.07, 6.45) is 8.15. The first-order chi connectivity index (χ1) is 12.4. The van der Waals surface area contributed by atoms with E-state index >= 15 is 0 Å². The van der Waals surface area contributed by atoms with Crippen LogP contribution in [-0.2, 0) is 4.79 Å². The summed E-state index contributed by atoms with van der Waals surface area (Å²) in [6, 6.07) is 3.47. The minimum absolute atomic E-state index is 0.184. The molecule has 1 aromatic rings. The summed E-state index contributed by atoms with van der Waals surface area (Å²) in [5, 5.41) is 28.7. The number of carboxylic acid groups (broad SMARTS) is 1. The molecular formula is C20H33NO5. The highest BCUT2D eigenvalue weighted by Crippen LogP contribution is 2.27. The van der Waals surface area contributed by atoms with Gasteiger partial charge >= 0.3 is 5.97 Å². The van der Waals surface area contributed by atoms with E-state index in [2.05, 4.69) is 11.9 Å². The Kier molecular flexibility index (Phi) is 10.9. The predicted molar refractivity (Wildman–Crippen MR) is 102 cm³/mol. The van der Waals surface area contributed by atoms with Gasteiger partial charge in [-0.3, -0.25) is 4.79 Å². The number of aliphatic carboxylic acids is 1. The molecule has 0 aliphatic heterocycles. The summed E-state index contributed by atoms with van der Waals surface area (Å²) >= 11 is 0. The van der Waals surface area contributed by atoms with Crippen molar-refractivity contribution in [3.63, 3.8) is 0 Å². The fourth-order valence-electron chi connectivity index (χ4n) is 3.24. The predicted octanol–water partition coefficient (Wildman–Crippen LogP) is 4.18. The first-order valence-corrected chi connectivity index (χ1v) is 9.55. The Morgan fingerprint density at radius 2 is 1.88 bits per heavy atom. The molecule has 0 radical (unpaired) electrons. The van der Waals surface area contributed by atoms with E-state index in [1.54, 1.807) is 12.1 Å². The van der Waals surface area contributed by atoms with Crippen LogP contribution in [0.5, 0.6) is 0 Å². The SMILES string of the molecule is C[C@H](O)[C@H](CCCCCCC(=O)O)[C@H](C)CCC(O)C=Nc1ccco1. The molecule has 0 bridgehead atoms. The van der Waals surface area contributed by atoms with Gasteiger partial charge in [0.25, 0.3) is 0 Å². The molecule has 0 fully saturated rings. The fourth-order valence-corrected chi connectivity index (χ4v) is 3.24. The molecule has 1 aromatic heterocycles. The van der Waals surface area contributed by atoms with Gasteiger partial charge < -0.3 is 19.7 Å². The third-order valence-electron chi connectivity index (χ3n) is 4.83. The lowest BCUT2D eigenvalue weighted by Gasteiger charge is -2.27. The van der Waals surface area contributed by atoms with Gasteiger partial charge in [0.05, 0.1) is 18.5 Å². The first kappa shape index (κ1) is 22.4. The summed E-state index contributed by atoms with van der Waals surface area (Å²) in [5.41, 5.74) is 0. The third kappa shape index (κ3) is 9.73. The Labute approximate surface area is 156 Å². The monoisotopic (exact) mass is 367 g/mol. The number of furan rings is 1. The van der Waals surface area contributed by atoms with Crippen molar-refractivity contribution in [2.45, 2.75) is 77.4 Å². The van der Waals surface area contributed by atoms with E-state index in [9.17, 15) is 15.0 Å². The maximum Gasteiger partial charge on any atom is 0.303 e. The molecule has 0 aliphatic rings. The molecule has 6 nitrogen and oxygen atoms in total. The third-order valence-corrected chi connectivity index (χ3v) is 4.83. The summed E-state index contributed by atoms with van der Waals surface area (Å²) in [5.74, 6) is 0.209. The zero-order valence-corrected chi connectivity index (χ0v) is 15.9. The minimum Gasteiger partial charge on any atom is -0.481 e. The number of unbranched alkanes of at least 4 members (excludes halogenated alkanes) is 3. The second-order valence-corrected chi connectivity index (χ2v) is 7.10. The van der Waals surface area contributed by atoms with Crippen LogP contribution in [0, 0.1) is 11.8 Å². The average molecular weight is 367 g/mol. The van der Waals surface area contributed by atoms with Crippen LogP contribution >= 0.6 is 0 Å². The number of rotatable bonds is 14. The van der Waals surface area contributed by atoms with E-state index in [4.69, 9.17) is 9.52 Å². The molecule has 1 heterocycles. The van der Waals surface area contributed by atoms with Crippen molar-refractivity contribution in [2.75, 3.05) is 0 Å². The molecule has 148 valence electrons. The standard InChI is InChI=1S/C20H33NO5/c1-15(11-12-17(23)14-21-19-9-7-13-26-19)18(16(2)22)8-5-3-4-6-10-20(24)25/h7,9,13-18,22-23H,3-6,8,10-12H2,1-2H3,(H,24,25)/t15-,16+,17?,18-/m1/s1. The molecule has 0 saturated carbocycles. The number of hydrogen-bond acceptors (Lipinski definition) is 5. The van der Waals surface area contributed by atoms with E-state index in [-0.39, 0.29) is 12.3 Å². The lowest BCUT2D eigenvalue weighted by molar-refractivity contribution is -0.137. The lowest BCUT2D eigenvalue weighted by Crippen LogP contribution is -2.25. The molecule has 0 aromatic carbocycles. The molecule has 0 aliphatic carbocycles. The van der Waals surface area contributed by atoms with Crippen molar-refractivity contribution >= 4 is 18.1 Å². The van der Waals surface area contributed by atoms with Crippen LogP contribution < -0.4 is 0 Å². The van der Waals surface area contributed by atoms with Crippen molar-refractivity contribution in [3.8, 4) is 0 Å². The Morgan fingerprint density at radius 3 is 2.50 bits per heavy atom. The second kappa shape index (κ2) is 12.7. The number of nitrogens with zero attached hydrogens (tertiary/aromatic N) is 1.